The van der Waals surface area contributed by atoms with Crippen molar-refractivity contribution in [3.8, 4) is 0 Å². The zero-order chi connectivity index (χ0) is 13.9. The van der Waals surface area contributed by atoms with E-state index in [0.717, 1.165) is 12.0 Å². The first-order valence-corrected chi connectivity index (χ1v) is 6.76. The van der Waals surface area contributed by atoms with Crippen LogP contribution in [0, 0.1) is 10.1 Å². The minimum absolute atomic E-state index is 0.192. The minimum Gasteiger partial charge on any atom is -0.309 e. The Morgan fingerprint density at radius 1 is 1.10 bits per heavy atom. The van der Waals surface area contributed by atoms with Crippen molar-refractivity contribution >= 4 is 5.69 Å². The van der Waals surface area contributed by atoms with Crippen molar-refractivity contribution in [2.45, 2.75) is 24.9 Å². The van der Waals surface area contributed by atoms with Crippen LogP contribution in [0.25, 0.3) is 0 Å². The van der Waals surface area contributed by atoms with Gasteiger partial charge in [0, 0.05) is 30.1 Å². The van der Waals surface area contributed by atoms with Gasteiger partial charge < -0.3 is 5.32 Å². The summed E-state index contributed by atoms with van der Waals surface area (Å²) in [5.74, 6) is 0.541. The average Bonchev–Trinajstić information content (AvgIpc) is 3.26. The lowest BCUT2D eigenvalue weighted by atomic mass is 10.1. The number of nitro benzene ring substituents is 1. The Balaban J connectivity index is 1.61. The Kier molecular flexibility index (Phi) is 3.48. The molecule has 0 saturated heterocycles. The van der Waals surface area contributed by atoms with E-state index in [4.69, 9.17) is 0 Å². The first-order chi connectivity index (χ1) is 9.75. The van der Waals surface area contributed by atoms with E-state index in [-0.39, 0.29) is 10.6 Å². The molecule has 2 aromatic rings. The molecule has 2 aromatic carbocycles. The molecular formula is C16H16N2O2. The van der Waals surface area contributed by atoms with Crippen LogP contribution in [0.3, 0.4) is 0 Å². The highest BCUT2D eigenvalue weighted by Gasteiger charge is 2.37. The van der Waals surface area contributed by atoms with E-state index in [1.807, 2.05) is 30.3 Å². The van der Waals surface area contributed by atoms with Crippen molar-refractivity contribution in [2.24, 2.45) is 0 Å². The molecule has 1 aliphatic rings. The van der Waals surface area contributed by atoms with Crippen LogP contribution in [0.2, 0.25) is 0 Å². The maximum atomic E-state index is 10.9. The molecule has 1 fully saturated rings. The molecular weight excluding hydrogens is 252 g/mol. The highest BCUT2D eigenvalue weighted by atomic mass is 16.6. The Labute approximate surface area is 117 Å². The molecule has 0 bridgehead atoms. The van der Waals surface area contributed by atoms with Crippen molar-refractivity contribution in [2.75, 3.05) is 0 Å². The van der Waals surface area contributed by atoms with Gasteiger partial charge in [-0.3, -0.25) is 10.1 Å². The lowest BCUT2D eigenvalue weighted by Gasteiger charge is -2.05. The number of nitrogens with one attached hydrogen (secondary N) is 1. The zero-order valence-electron chi connectivity index (χ0n) is 11.0. The first-order valence-electron chi connectivity index (χ1n) is 6.76. The Hall–Kier alpha value is -2.20. The third-order valence-electron chi connectivity index (χ3n) is 3.76. The zero-order valence-corrected chi connectivity index (χ0v) is 11.0. The molecule has 0 heterocycles. The van der Waals surface area contributed by atoms with E-state index in [9.17, 15) is 10.1 Å². The van der Waals surface area contributed by atoms with Gasteiger partial charge in [0.05, 0.1) is 4.92 Å². The second-order valence-electron chi connectivity index (χ2n) is 5.13. The van der Waals surface area contributed by atoms with Gasteiger partial charge in [0.1, 0.15) is 0 Å². The summed E-state index contributed by atoms with van der Waals surface area (Å²) >= 11 is 0. The molecule has 4 nitrogen and oxygen atoms in total. The largest absolute Gasteiger partial charge is 0.309 e. The van der Waals surface area contributed by atoms with Crippen molar-refractivity contribution in [1.29, 1.82) is 0 Å². The average molecular weight is 268 g/mol. The molecule has 20 heavy (non-hydrogen) atoms. The molecule has 0 aromatic heterocycles. The van der Waals surface area contributed by atoms with Crippen LogP contribution in [0.1, 0.15) is 23.5 Å². The van der Waals surface area contributed by atoms with Gasteiger partial charge in [0.2, 0.25) is 0 Å². The van der Waals surface area contributed by atoms with Crippen molar-refractivity contribution in [3.05, 3.63) is 75.8 Å². The standard InChI is InChI=1S/C16H16N2O2/c19-18(20)16-9-5-4-8-13(16)11-17-15-10-14(15)12-6-2-1-3-7-12/h1-9,14-15,17H,10-11H2. The molecule has 1 N–H and O–H groups in total. The first kappa shape index (κ1) is 12.8. The summed E-state index contributed by atoms with van der Waals surface area (Å²) in [6.07, 6.45) is 1.10. The van der Waals surface area contributed by atoms with Crippen LogP contribution in [0.5, 0.6) is 0 Å². The number of nitro groups is 1. The van der Waals surface area contributed by atoms with Gasteiger partial charge in [-0.1, -0.05) is 48.5 Å². The third kappa shape index (κ3) is 2.70. The maximum Gasteiger partial charge on any atom is 0.273 e. The molecule has 4 heteroatoms. The van der Waals surface area contributed by atoms with Crippen LogP contribution < -0.4 is 5.32 Å². The van der Waals surface area contributed by atoms with Gasteiger partial charge in [-0.15, -0.1) is 0 Å². The molecule has 0 radical (unpaired) electrons. The molecule has 2 atom stereocenters. The topological polar surface area (TPSA) is 55.2 Å². The van der Waals surface area contributed by atoms with Gasteiger partial charge in [-0.05, 0) is 12.0 Å². The summed E-state index contributed by atoms with van der Waals surface area (Å²) in [5, 5.41) is 14.4. The van der Waals surface area contributed by atoms with E-state index in [2.05, 4.69) is 17.4 Å². The second kappa shape index (κ2) is 5.43. The highest BCUT2D eigenvalue weighted by Crippen LogP contribution is 2.40. The summed E-state index contributed by atoms with van der Waals surface area (Å²) in [6.45, 7) is 0.547. The lowest BCUT2D eigenvalue weighted by Crippen LogP contribution is -2.18. The molecule has 0 spiro atoms. The smallest absolute Gasteiger partial charge is 0.273 e. The van der Waals surface area contributed by atoms with Gasteiger partial charge in [0.15, 0.2) is 0 Å². The summed E-state index contributed by atoms with van der Waals surface area (Å²) < 4.78 is 0. The third-order valence-corrected chi connectivity index (χ3v) is 3.76. The monoisotopic (exact) mass is 268 g/mol. The summed E-state index contributed by atoms with van der Waals surface area (Å²) in [5.41, 5.74) is 2.28. The Bertz CT molecular complexity index is 613. The van der Waals surface area contributed by atoms with Crippen molar-refractivity contribution in [3.63, 3.8) is 0 Å². The number of rotatable bonds is 5. The fourth-order valence-corrected chi connectivity index (χ4v) is 2.57. The summed E-state index contributed by atoms with van der Waals surface area (Å²) in [7, 11) is 0. The van der Waals surface area contributed by atoms with Crippen LogP contribution in [-0.2, 0) is 6.54 Å². The minimum atomic E-state index is -0.321. The highest BCUT2D eigenvalue weighted by molar-refractivity contribution is 5.40. The van der Waals surface area contributed by atoms with Gasteiger partial charge in [-0.25, -0.2) is 0 Å². The Morgan fingerprint density at radius 2 is 1.80 bits per heavy atom. The van der Waals surface area contributed by atoms with Crippen molar-refractivity contribution in [1.82, 2.24) is 5.32 Å². The van der Waals surface area contributed by atoms with Crippen LogP contribution in [0.15, 0.2) is 54.6 Å². The van der Waals surface area contributed by atoms with E-state index in [1.165, 1.54) is 5.56 Å². The number of hydrogen-bond donors (Lipinski definition) is 1. The number of hydrogen-bond acceptors (Lipinski definition) is 3. The quantitative estimate of drug-likeness (QED) is 0.669. The van der Waals surface area contributed by atoms with Gasteiger partial charge in [-0.2, -0.15) is 0 Å². The molecule has 102 valence electrons. The molecule has 0 amide bonds. The number of benzene rings is 2. The van der Waals surface area contributed by atoms with E-state index in [1.54, 1.807) is 12.1 Å². The van der Waals surface area contributed by atoms with Crippen molar-refractivity contribution < 1.29 is 4.92 Å². The normalized spacial score (nSPS) is 20.6. The summed E-state index contributed by atoms with van der Waals surface area (Å²) in [6, 6.07) is 17.7. The number of nitrogens with zero attached hydrogens (tertiary/aromatic N) is 1. The number of para-hydroxylation sites is 1. The molecule has 1 aliphatic carbocycles. The molecule has 0 aliphatic heterocycles. The molecule has 1 saturated carbocycles. The Morgan fingerprint density at radius 3 is 2.55 bits per heavy atom. The SMILES string of the molecule is O=[N+]([O-])c1ccccc1CNC1CC1c1ccccc1. The fourth-order valence-electron chi connectivity index (χ4n) is 2.57. The second-order valence-corrected chi connectivity index (χ2v) is 5.13. The molecule has 2 unspecified atom stereocenters. The fraction of sp³-hybridized carbons (Fsp3) is 0.250. The lowest BCUT2D eigenvalue weighted by molar-refractivity contribution is -0.385. The predicted octanol–water partition coefficient (Wildman–Crippen LogP) is 3.24. The van der Waals surface area contributed by atoms with Gasteiger partial charge >= 0.3 is 0 Å². The van der Waals surface area contributed by atoms with Crippen LogP contribution in [-0.4, -0.2) is 11.0 Å². The van der Waals surface area contributed by atoms with Gasteiger partial charge in [0.25, 0.3) is 5.69 Å². The van der Waals surface area contributed by atoms with E-state index in [0.29, 0.717) is 18.5 Å². The summed E-state index contributed by atoms with van der Waals surface area (Å²) in [4.78, 5) is 10.6. The van der Waals surface area contributed by atoms with Crippen LogP contribution in [0.4, 0.5) is 5.69 Å². The van der Waals surface area contributed by atoms with Crippen LogP contribution >= 0.6 is 0 Å². The molecule has 3 rings (SSSR count). The predicted molar refractivity (Wildman–Crippen MR) is 77.5 cm³/mol. The van der Waals surface area contributed by atoms with E-state index >= 15 is 0 Å². The van der Waals surface area contributed by atoms with E-state index < -0.39 is 0 Å². The maximum absolute atomic E-state index is 10.9.